The van der Waals surface area contributed by atoms with Crippen molar-refractivity contribution in [3.8, 4) is 0 Å². The lowest BCUT2D eigenvalue weighted by Gasteiger charge is -2.22. The van der Waals surface area contributed by atoms with Crippen LogP contribution in [0.25, 0.3) is 0 Å². The Morgan fingerprint density at radius 1 is 1.56 bits per heavy atom. The molecular formula is C10H12N2O4. The smallest absolute Gasteiger partial charge is 0.357 e. The Morgan fingerprint density at radius 2 is 2.25 bits per heavy atom. The van der Waals surface area contributed by atoms with Gasteiger partial charge in [0.25, 0.3) is 0 Å². The zero-order valence-corrected chi connectivity index (χ0v) is 8.63. The van der Waals surface area contributed by atoms with Crippen molar-refractivity contribution >= 4 is 12.3 Å². The predicted octanol–water partition coefficient (Wildman–Crippen LogP) is 0.745. The summed E-state index contributed by atoms with van der Waals surface area (Å²) in [6, 6.07) is 0.126. The van der Waals surface area contributed by atoms with Crippen molar-refractivity contribution in [1.29, 1.82) is 0 Å². The molecule has 0 spiro atoms. The van der Waals surface area contributed by atoms with Crippen LogP contribution in [0.1, 0.15) is 39.7 Å². The van der Waals surface area contributed by atoms with Crippen molar-refractivity contribution in [2.24, 2.45) is 0 Å². The first kappa shape index (κ1) is 10.8. The molecule has 0 aromatic carbocycles. The van der Waals surface area contributed by atoms with Crippen molar-refractivity contribution in [3.63, 3.8) is 0 Å². The van der Waals surface area contributed by atoms with Gasteiger partial charge in [-0.1, -0.05) is 0 Å². The highest BCUT2D eigenvalue weighted by Crippen LogP contribution is 2.21. The fourth-order valence-electron chi connectivity index (χ4n) is 1.79. The molecule has 1 fully saturated rings. The Hall–Kier alpha value is -1.69. The van der Waals surface area contributed by atoms with Crippen molar-refractivity contribution in [2.45, 2.75) is 18.9 Å². The summed E-state index contributed by atoms with van der Waals surface area (Å²) in [4.78, 5) is 21.5. The number of aromatic carboxylic acids is 1. The number of hydrogen-bond donors (Lipinski definition) is 1. The van der Waals surface area contributed by atoms with Crippen LogP contribution >= 0.6 is 0 Å². The molecule has 1 aromatic rings. The number of carbonyl (C=O) groups excluding carboxylic acids is 1. The third-order valence-corrected chi connectivity index (χ3v) is 2.65. The average molecular weight is 224 g/mol. The van der Waals surface area contributed by atoms with Crippen LogP contribution in [0.15, 0.2) is 6.20 Å². The number of aldehydes is 1. The van der Waals surface area contributed by atoms with E-state index in [1.54, 1.807) is 4.68 Å². The fraction of sp³-hybridized carbons (Fsp3) is 0.500. The normalized spacial score (nSPS) is 17.2. The van der Waals surface area contributed by atoms with E-state index in [0.717, 1.165) is 12.8 Å². The predicted molar refractivity (Wildman–Crippen MR) is 53.7 cm³/mol. The highest BCUT2D eigenvalue weighted by atomic mass is 16.5. The number of ether oxygens (including phenoxy) is 1. The molecule has 0 atom stereocenters. The molecule has 1 aliphatic heterocycles. The quantitative estimate of drug-likeness (QED) is 0.766. The maximum atomic E-state index is 10.8. The van der Waals surface area contributed by atoms with Gasteiger partial charge >= 0.3 is 5.97 Å². The minimum absolute atomic E-state index is 0.124. The van der Waals surface area contributed by atoms with Crippen LogP contribution in [-0.2, 0) is 4.74 Å². The highest BCUT2D eigenvalue weighted by molar-refractivity contribution is 5.95. The summed E-state index contributed by atoms with van der Waals surface area (Å²) in [6.07, 6.45) is 3.59. The Bertz CT molecular complexity index is 407. The minimum atomic E-state index is -1.17. The van der Waals surface area contributed by atoms with E-state index in [9.17, 15) is 9.59 Å². The molecular weight excluding hydrogens is 212 g/mol. The van der Waals surface area contributed by atoms with E-state index in [4.69, 9.17) is 9.84 Å². The van der Waals surface area contributed by atoms with Gasteiger partial charge in [-0.3, -0.25) is 9.48 Å². The summed E-state index contributed by atoms with van der Waals surface area (Å²) in [5, 5.41) is 12.8. The summed E-state index contributed by atoms with van der Waals surface area (Å²) in [5.74, 6) is -1.17. The van der Waals surface area contributed by atoms with Crippen LogP contribution in [0, 0.1) is 0 Å². The van der Waals surface area contributed by atoms with Crippen LogP contribution < -0.4 is 0 Å². The van der Waals surface area contributed by atoms with Gasteiger partial charge in [-0.2, -0.15) is 5.10 Å². The van der Waals surface area contributed by atoms with Gasteiger partial charge in [-0.05, 0) is 12.8 Å². The summed E-state index contributed by atoms with van der Waals surface area (Å²) < 4.78 is 6.77. The Kier molecular flexibility index (Phi) is 3.00. The summed E-state index contributed by atoms with van der Waals surface area (Å²) >= 11 is 0. The first-order valence-corrected chi connectivity index (χ1v) is 5.07. The van der Waals surface area contributed by atoms with Crippen LogP contribution in [0.4, 0.5) is 0 Å². The molecule has 1 aliphatic rings. The largest absolute Gasteiger partial charge is 0.476 e. The van der Waals surface area contributed by atoms with E-state index in [-0.39, 0.29) is 17.3 Å². The van der Waals surface area contributed by atoms with Gasteiger partial charge in [0.1, 0.15) is 0 Å². The summed E-state index contributed by atoms with van der Waals surface area (Å²) in [5.41, 5.74) is -0.0551. The lowest BCUT2D eigenvalue weighted by atomic mass is 10.1. The summed E-state index contributed by atoms with van der Waals surface area (Å²) in [6.45, 7) is 1.28. The Balaban J connectivity index is 2.27. The lowest BCUT2D eigenvalue weighted by Crippen LogP contribution is -2.20. The number of carbonyl (C=O) groups is 2. The van der Waals surface area contributed by atoms with Gasteiger partial charge in [0.2, 0.25) is 0 Å². The molecule has 16 heavy (non-hydrogen) atoms. The Morgan fingerprint density at radius 3 is 2.75 bits per heavy atom. The van der Waals surface area contributed by atoms with Crippen molar-refractivity contribution in [2.75, 3.05) is 13.2 Å². The second-order valence-electron chi connectivity index (χ2n) is 3.68. The van der Waals surface area contributed by atoms with E-state index < -0.39 is 5.97 Å². The van der Waals surface area contributed by atoms with Crippen molar-refractivity contribution in [3.05, 3.63) is 17.5 Å². The number of carboxylic acid groups (broad SMARTS) is 1. The maximum absolute atomic E-state index is 10.8. The zero-order valence-electron chi connectivity index (χ0n) is 8.63. The van der Waals surface area contributed by atoms with Gasteiger partial charge in [0, 0.05) is 19.4 Å². The highest BCUT2D eigenvalue weighted by Gasteiger charge is 2.21. The van der Waals surface area contributed by atoms with Gasteiger partial charge in [-0.25, -0.2) is 4.79 Å². The molecule has 1 N–H and O–H groups in total. The molecule has 0 saturated carbocycles. The molecule has 2 heterocycles. The topological polar surface area (TPSA) is 81.4 Å². The molecule has 0 radical (unpaired) electrons. The SMILES string of the molecule is O=Cc1cn(C2CCOCC2)nc1C(=O)O. The summed E-state index contributed by atoms with van der Waals surface area (Å²) in [7, 11) is 0. The van der Waals surface area contributed by atoms with Crippen LogP contribution in [0.3, 0.4) is 0 Å². The first-order chi connectivity index (χ1) is 7.72. The number of carboxylic acids is 1. The molecule has 1 saturated heterocycles. The van der Waals surface area contributed by atoms with Crippen molar-refractivity contribution < 1.29 is 19.4 Å². The van der Waals surface area contributed by atoms with Crippen LogP contribution in [-0.4, -0.2) is 40.4 Å². The molecule has 0 amide bonds. The lowest BCUT2D eigenvalue weighted by molar-refractivity contribution is 0.0644. The number of nitrogens with zero attached hydrogens (tertiary/aromatic N) is 2. The van der Waals surface area contributed by atoms with E-state index >= 15 is 0 Å². The van der Waals surface area contributed by atoms with Crippen LogP contribution in [0.5, 0.6) is 0 Å². The average Bonchev–Trinajstić information content (AvgIpc) is 2.74. The molecule has 2 rings (SSSR count). The molecule has 0 unspecified atom stereocenters. The van der Waals surface area contributed by atoms with Gasteiger partial charge in [-0.15, -0.1) is 0 Å². The first-order valence-electron chi connectivity index (χ1n) is 5.07. The number of hydrogen-bond acceptors (Lipinski definition) is 4. The maximum Gasteiger partial charge on any atom is 0.357 e. The molecule has 0 aliphatic carbocycles. The third kappa shape index (κ3) is 1.96. The van der Waals surface area contributed by atoms with E-state index in [2.05, 4.69) is 5.10 Å². The number of aromatic nitrogens is 2. The van der Waals surface area contributed by atoms with E-state index in [1.807, 2.05) is 0 Å². The molecule has 0 bridgehead atoms. The second-order valence-corrected chi connectivity index (χ2v) is 3.68. The zero-order chi connectivity index (χ0) is 11.5. The van der Waals surface area contributed by atoms with Crippen molar-refractivity contribution in [1.82, 2.24) is 9.78 Å². The van der Waals surface area contributed by atoms with E-state index in [0.29, 0.717) is 19.5 Å². The standard InChI is InChI=1S/C10H12N2O4/c13-6-7-5-12(11-9(7)10(14)15)8-1-3-16-4-2-8/h5-6,8H,1-4H2,(H,14,15). The van der Waals surface area contributed by atoms with Gasteiger partial charge < -0.3 is 9.84 Å². The molecule has 1 aromatic heterocycles. The monoisotopic (exact) mass is 224 g/mol. The minimum Gasteiger partial charge on any atom is -0.476 e. The third-order valence-electron chi connectivity index (χ3n) is 2.65. The van der Waals surface area contributed by atoms with Gasteiger partial charge in [0.15, 0.2) is 12.0 Å². The molecule has 6 heteroatoms. The molecule has 6 nitrogen and oxygen atoms in total. The molecule has 86 valence electrons. The van der Waals surface area contributed by atoms with Crippen LogP contribution in [0.2, 0.25) is 0 Å². The van der Waals surface area contributed by atoms with Gasteiger partial charge in [0.05, 0.1) is 11.6 Å². The second kappa shape index (κ2) is 4.44. The van der Waals surface area contributed by atoms with E-state index in [1.165, 1.54) is 6.20 Å². The number of rotatable bonds is 3. The fourth-order valence-corrected chi connectivity index (χ4v) is 1.79. The Labute approximate surface area is 91.8 Å².